The Hall–Kier alpha value is -1.48. The quantitative estimate of drug-likeness (QED) is 0.810. The summed E-state index contributed by atoms with van der Waals surface area (Å²) in [5, 5.41) is 3.40. The van der Waals surface area contributed by atoms with Crippen LogP contribution in [0.25, 0.3) is 0 Å². The van der Waals surface area contributed by atoms with Gasteiger partial charge in [0.1, 0.15) is 0 Å². The molecule has 2 nitrogen and oxygen atoms in total. The molecule has 2 rings (SSSR count). The molecule has 2 aromatic rings. The van der Waals surface area contributed by atoms with E-state index in [4.69, 9.17) is 5.73 Å². The van der Waals surface area contributed by atoms with Gasteiger partial charge >= 0.3 is 0 Å². The number of nitrogens with two attached hydrogens (primary N) is 1. The van der Waals surface area contributed by atoms with E-state index in [9.17, 15) is 0 Å². The maximum atomic E-state index is 6.02. The highest BCUT2D eigenvalue weighted by molar-refractivity contribution is 9.10. The molecule has 3 N–H and O–H groups in total. The smallest absolute Gasteiger partial charge is 0.0618 e. The van der Waals surface area contributed by atoms with Gasteiger partial charge in [0.05, 0.1) is 11.4 Å². The highest BCUT2D eigenvalue weighted by Crippen LogP contribution is 2.28. The summed E-state index contributed by atoms with van der Waals surface area (Å²) in [6.45, 7) is 4.18. The van der Waals surface area contributed by atoms with E-state index in [-0.39, 0.29) is 0 Å². The van der Waals surface area contributed by atoms with E-state index in [1.165, 1.54) is 11.1 Å². The first-order valence-corrected chi connectivity index (χ1v) is 6.81. The maximum absolute atomic E-state index is 6.02. The van der Waals surface area contributed by atoms with E-state index < -0.39 is 0 Å². The summed E-state index contributed by atoms with van der Waals surface area (Å²) < 4.78 is 1.10. The summed E-state index contributed by atoms with van der Waals surface area (Å²) in [4.78, 5) is 0. The number of hydrogen-bond acceptors (Lipinski definition) is 2. The van der Waals surface area contributed by atoms with Gasteiger partial charge in [-0.3, -0.25) is 0 Å². The van der Waals surface area contributed by atoms with Gasteiger partial charge in [-0.2, -0.15) is 0 Å². The Labute approximate surface area is 116 Å². The van der Waals surface area contributed by atoms with Crippen LogP contribution < -0.4 is 11.1 Å². The van der Waals surface area contributed by atoms with Crippen LogP contribution >= 0.6 is 15.9 Å². The van der Waals surface area contributed by atoms with Crippen molar-refractivity contribution in [3.05, 3.63) is 52.0 Å². The number of nitrogens with one attached hydrogen (secondary N) is 1. The van der Waals surface area contributed by atoms with Gasteiger partial charge in [-0.25, -0.2) is 0 Å². The first-order chi connectivity index (χ1) is 8.60. The third-order valence-corrected chi connectivity index (χ3v) is 3.42. The predicted molar refractivity (Wildman–Crippen MR) is 82.4 cm³/mol. The summed E-state index contributed by atoms with van der Waals surface area (Å²) >= 11 is 3.49. The lowest BCUT2D eigenvalue weighted by atomic mass is 10.1. The summed E-state index contributed by atoms with van der Waals surface area (Å²) in [7, 11) is 0. The van der Waals surface area contributed by atoms with Crippen LogP contribution in [0.2, 0.25) is 0 Å². The summed E-state index contributed by atoms with van der Waals surface area (Å²) in [5.74, 6) is 0. The second-order valence-corrected chi connectivity index (χ2v) is 5.29. The third-order valence-electron chi connectivity index (χ3n) is 2.92. The van der Waals surface area contributed by atoms with Crippen molar-refractivity contribution in [3.8, 4) is 0 Å². The molecule has 0 fully saturated rings. The fourth-order valence-corrected chi connectivity index (χ4v) is 2.33. The van der Waals surface area contributed by atoms with Gasteiger partial charge in [0.25, 0.3) is 0 Å². The zero-order valence-electron chi connectivity index (χ0n) is 10.6. The molecule has 0 aliphatic heterocycles. The van der Waals surface area contributed by atoms with Gasteiger partial charge in [-0.1, -0.05) is 28.9 Å². The zero-order chi connectivity index (χ0) is 13.1. The largest absolute Gasteiger partial charge is 0.397 e. The standard InChI is InChI=1S/C15H17BrN2/c1-3-11-9-12(16)5-7-14(11)18-15-6-4-10(2)8-13(15)17/h4-9,18H,3,17H2,1-2H3. The molecule has 0 spiro atoms. The number of aryl methyl sites for hydroxylation is 2. The highest BCUT2D eigenvalue weighted by Gasteiger charge is 2.04. The number of anilines is 3. The summed E-state index contributed by atoms with van der Waals surface area (Å²) in [6.07, 6.45) is 0.980. The fraction of sp³-hybridized carbons (Fsp3) is 0.200. The van der Waals surface area contributed by atoms with Gasteiger partial charge in [0, 0.05) is 10.2 Å². The Bertz CT molecular complexity index is 564. The third kappa shape index (κ3) is 2.85. The second-order valence-electron chi connectivity index (χ2n) is 4.37. The van der Waals surface area contributed by atoms with Gasteiger partial charge in [0.2, 0.25) is 0 Å². The Morgan fingerprint density at radius 2 is 1.83 bits per heavy atom. The molecule has 0 aromatic heterocycles. The lowest BCUT2D eigenvalue weighted by Gasteiger charge is -2.13. The Morgan fingerprint density at radius 3 is 2.50 bits per heavy atom. The Kier molecular flexibility index (Phi) is 3.92. The molecule has 3 heteroatoms. The van der Waals surface area contributed by atoms with Crippen molar-refractivity contribution in [2.45, 2.75) is 20.3 Å². The number of rotatable bonds is 3. The van der Waals surface area contributed by atoms with E-state index in [1.807, 2.05) is 25.1 Å². The number of hydrogen-bond donors (Lipinski definition) is 2. The number of benzene rings is 2. The van der Waals surface area contributed by atoms with E-state index in [0.29, 0.717) is 0 Å². The molecule has 0 bridgehead atoms. The first kappa shape index (κ1) is 13.0. The highest BCUT2D eigenvalue weighted by atomic mass is 79.9. The van der Waals surface area contributed by atoms with E-state index >= 15 is 0 Å². The van der Waals surface area contributed by atoms with Gasteiger partial charge in [0.15, 0.2) is 0 Å². The summed E-state index contributed by atoms with van der Waals surface area (Å²) in [5.41, 5.74) is 11.3. The molecule has 0 amide bonds. The first-order valence-electron chi connectivity index (χ1n) is 6.01. The topological polar surface area (TPSA) is 38.0 Å². The van der Waals surface area contributed by atoms with Crippen LogP contribution in [0.4, 0.5) is 17.1 Å². The fourth-order valence-electron chi connectivity index (χ4n) is 1.92. The lowest BCUT2D eigenvalue weighted by molar-refractivity contribution is 1.14. The molecule has 0 radical (unpaired) electrons. The molecule has 0 aliphatic rings. The minimum absolute atomic E-state index is 0.778. The van der Waals surface area contributed by atoms with Crippen molar-refractivity contribution in [2.75, 3.05) is 11.1 Å². The van der Waals surface area contributed by atoms with Crippen LogP contribution in [0.3, 0.4) is 0 Å². The van der Waals surface area contributed by atoms with Crippen LogP contribution in [0, 0.1) is 6.92 Å². The molecular weight excluding hydrogens is 288 g/mol. The minimum Gasteiger partial charge on any atom is -0.397 e. The molecule has 0 atom stereocenters. The molecule has 0 heterocycles. The zero-order valence-corrected chi connectivity index (χ0v) is 12.2. The monoisotopic (exact) mass is 304 g/mol. The van der Waals surface area contributed by atoms with E-state index in [2.05, 4.69) is 46.4 Å². The van der Waals surface area contributed by atoms with Gasteiger partial charge in [-0.15, -0.1) is 0 Å². The van der Waals surface area contributed by atoms with E-state index in [0.717, 1.165) is 28.0 Å². The SMILES string of the molecule is CCc1cc(Br)ccc1Nc1ccc(C)cc1N. The molecule has 2 aromatic carbocycles. The van der Waals surface area contributed by atoms with Crippen LogP contribution in [0.15, 0.2) is 40.9 Å². The van der Waals surface area contributed by atoms with Crippen LogP contribution in [0.5, 0.6) is 0 Å². The van der Waals surface area contributed by atoms with Crippen molar-refractivity contribution >= 4 is 33.0 Å². The molecule has 0 unspecified atom stereocenters. The number of halogens is 1. The van der Waals surface area contributed by atoms with Crippen LogP contribution in [0.1, 0.15) is 18.1 Å². The normalized spacial score (nSPS) is 10.4. The van der Waals surface area contributed by atoms with Crippen LogP contribution in [-0.4, -0.2) is 0 Å². The van der Waals surface area contributed by atoms with Crippen molar-refractivity contribution in [3.63, 3.8) is 0 Å². The molecular formula is C15H17BrN2. The van der Waals surface area contributed by atoms with Crippen molar-refractivity contribution < 1.29 is 0 Å². The molecule has 0 saturated heterocycles. The van der Waals surface area contributed by atoms with Crippen molar-refractivity contribution in [1.82, 2.24) is 0 Å². The second kappa shape index (κ2) is 5.44. The maximum Gasteiger partial charge on any atom is 0.0618 e. The Morgan fingerprint density at radius 1 is 1.11 bits per heavy atom. The van der Waals surface area contributed by atoms with Crippen molar-refractivity contribution in [1.29, 1.82) is 0 Å². The summed E-state index contributed by atoms with van der Waals surface area (Å²) in [6, 6.07) is 12.3. The lowest BCUT2D eigenvalue weighted by Crippen LogP contribution is -1.99. The number of nitrogen functional groups attached to an aromatic ring is 1. The molecule has 94 valence electrons. The molecule has 0 aliphatic carbocycles. The van der Waals surface area contributed by atoms with Crippen molar-refractivity contribution in [2.24, 2.45) is 0 Å². The van der Waals surface area contributed by atoms with Gasteiger partial charge in [-0.05, 0) is 54.8 Å². The predicted octanol–water partition coefficient (Wildman–Crippen LogP) is 4.65. The van der Waals surface area contributed by atoms with Crippen LogP contribution in [-0.2, 0) is 6.42 Å². The Balaban J connectivity index is 2.33. The van der Waals surface area contributed by atoms with E-state index in [1.54, 1.807) is 0 Å². The molecule has 18 heavy (non-hydrogen) atoms. The minimum atomic E-state index is 0.778. The average Bonchev–Trinajstić information content (AvgIpc) is 2.34. The molecule has 0 saturated carbocycles. The van der Waals surface area contributed by atoms with Gasteiger partial charge < -0.3 is 11.1 Å². The average molecular weight is 305 g/mol.